The van der Waals surface area contributed by atoms with E-state index in [0.717, 1.165) is 34.5 Å². The second-order valence-corrected chi connectivity index (χ2v) is 7.72. The number of pyridine rings is 2. The predicted octanol–water partition coefficient (Wildman–Crippen LogP) is 3.62. The molecule has 4 rings (SSSR count). The molecule has 0 amide bonds. The van der Waals surface area contributed by atoms with Crippen LogP contribution in [0.4, 0.5) is 0 Å². The van der Waals surface area contributed by atoms with Gasteiger partial charge in [0.05, 0.1) is 26.4 Å². The van der Waals surface area contributed by atoms with E-state index in [9.17, 15) is 4.79 Å². The van der Waals surface area contributed by atoms with E-state index >= 15 is 0 Å². The summed E-state index contributed by atoms with van der Waals surface area (Å²) in [6, 6.07) is 15.8. The summed E-state index contributed by atoms with van der Waals surface area (Å²) < 4.78 is 18.5. The van der Waals surface area contributed by atoms with Gasteiger partial charge in [-0.2, -0.15) is 0 Å². The van der Waals surface area contributed by atoms with Crippen molar-refractivity contribution in [3.05, 3.63) is 82.0 Å². The van der Waals surface area contributed by atoms with Crippen molar-refractivity contribution >= 4 is 0 Å². The average Bonchev–Trinajstić information content (AvgIpc) is 2.81. The maximum atomic E-state index is 12.7. The second-order valence-electron chi connectivity index (χ2n) is 7.72. The molecule has 0 spiro atoms. The fourth-order valence-electron chi connectivity index (χ4n) is 3.60. The van der Waals surface area contributed by atoms with Gasteiger partial charge in [0.1, 0.15) is 18.5 Å². The van der Waals surface area contributed by atoms with Gasteiger partial charge in [0, 0.05) is 29.2 Å². The number of nitrogens with zero attached hydrogens (tertiary/aromatic N) is 2. The van der Waals surface area contributed by atoms with Gasteiger partial charge < -0.3 is 18.8 Å². The summed E-state index contributed by atoms with van der Waals surface area (Å²) in [5, 5.41) is 0. The molecular weight excluding hydrogens is 392 g/mol. The largest absolute Gasteiger partial charge is 0.491 e. The van der Waals surface area contributed by atoms with E-state index in [2.05, 4.69) is 48.3 Å². The van der Waals surface area contributed by atoms with Gasteiger partial charge in [0.25, 0.3) is 5.56 Å². The first kappa shape index (κ1) is 21.3. The molecule has 1 aliphatic heterocycles. The molecule has 0 radical (unpaired) electrons. The lowest BCUT2D eigenvalue weighted by Gasteiger charge is -2.23. The van der Waals surface area contributed by atoms with Crippen molar-refractivity contribution in [3.8, 4) is 16.9 Å². The summed E-state index contributed by atoms with van der Waals surface area (Å²) in [5.41, 5.74) is 5.12. The number of hydrogen-bond donors (Lipinski definition) is 0. The minimum absolute atomic E-state index is 0.0840. The summed E-state index contributed by atoms with van der Waals surface area (Å²) in [7, 11) is 0. The lowest BCUT2D eigenvalue weighted by Crippen LogP contribution is -2.33. The quantitative estimate of drug-likeness (QED) is 0.584. The van der Waals surface area contributed by atoms with Crippen LogP contribution in [0.5, 0.6) is 5.75 Å². The third-order valence-electron chi connectivity index (χ3n) is 5.44. The molecule has 0 bridgehead atoms. The molecule has 3 aromatic rings. The SMILES string of the molecule is CCc1ccc(-c2ccc(Cn3c(C)cc(OC[C@H]4COCCO4)cc3=O)cc2)cn1. The van der Waals surface area contributed by atoms with Crippen LogP contribution in [0.2, 0.25) is 0 Å². The first-order valence-electron chi connectivity index (χ1n) is 10.7. The summed E-state index contributed by atoms with van der Waals surface area (Å²) >= 11 is 0. The molecule has 1 aromatic carbocycles. The Kier molecular flexibility index (Phi) is 6.79. The molecule has 6 heteroatoms. The Morgan fingerprint density at radius 1 is 1.10 bits per heavy atom. The highest BCUT2D eigenvalue weighted by atomic mass is 16.6. The number of aryl methyl sites for hydroxylation is 2. The van der Waals surface area contributed by atoms with Crippen molar-refractivity contribution in [2.24, 2.45) is 0 Å². The molecular formula is C25H28N2O4. The van der Waals surface area contributed by atoms with E-state index in [1.807, 2.05) is 19.2 Å². The molecule has 31 heavy (non-hydrogen) atoms. The molecule has 1 saturated heterocycles. The van der Waals surface area contributed by atoms with Crippen LogP contribution >= 0.6 is 0 Å². The van der Waals surface area contributed by atoms with E-state index in [0.29, 0.717) is 38.7 Å². The van der Waals surface area contributed by atoms with Crippen LogP contribution in [-0.4, -0.2) is 42.1 Å². The number of rotatable bonds is 7. The highest BCUT2D eigenvalue weighted by Crippen LogP contribution is 2.20. The Bertz CT molecular complexity index is 1050. The zero-order chi connectivity index (χ0) is 21.6. The Hall–Kier alpha value is -2.96. The van der Waals surface area contributed by atoms with Gasteiger partial charge in [-0.05, 0) is 36.6 Å². The average molecular weight is 421 g/mol. The van der Waals surface area contributed by atoms with Crippen LogP contribution in [0.3, 0.4) is 0 Å². The number of hydrogen-bond acceptors (Lipinski definition) is 5. The van der Waals surface area contributed by atoms with Gasteiger partial charge in [0.15, 0.2) is 0 Å². The van der Waals surface area contributed by atoms with Crippen LogP contribution in [0.25, 0.3) is 11.1 Å². The standard InChI is InChI=1S/C25H28N2O4/c1-3-22-9-8-21(14-26-22)20-6-4-19(5-7-20)15-27-18(2)12-23(13-25(27)28)31-17-24-16-29-10-11-30-24/h4-9,12-14,24H,3,10-11,15-17H2,1-2H3/t24-/m1/s1. The first-order valence-corrected chi connectivity index (χ1v) is 10.7. The molecule has 6 nitrogen and oxygen atoms in total. The highest BCUT2D eigenvalue weighted by molar-refractivity contribution is 5.62. The van der Waals surface area contributed by atoms with Crippen LogP contribution in [0.15, 0.2) is 59.5 Å². The Morgan fingerprint density at radius 3 is 2.55 bits per heavy atom. The molecule has 1 fully saturated rings. The fraction of sp³-hybridized carbons (Fsp3) is 0.360. The van der Waals surface area contributed by atoms with E-state index in [4.69, 9.17) is 14.2 Å². The molecule has 3 heterocycles. The zero-order valence-corrected chi connectivity index (χ0v) is 18.0. The second kappa shape index (κ2) is 9.90. The number of benzene rings is 1. The minimum atomic E-state index is -0.0941. The van der Waals surface area contributed by atoms with Crippen molar-refractivity contribution in [2.75, 3.05) is 26.4 Å². The first-order chi connectivity index (χ1) is 15.1. The summed E-state index contributed by atoms with van der Waals surface area (Å²) in [5.74, 6) is 0.561. The maximum absolute atomic E-state index is 12.7. The lowest BCUT2D eigenvalue weighted by atomic mass is 10.0. The molecule has 1 atom stereocenters. The number of aromatic nitrogens is 2. The van der Waals surface area contributed by atoms with Crippen LogP contribution in [0.1, 0.15) is 23.9 Å². The van der Waals surface area contributed by atoms with Gasteiger partial charge in [-0.1, -0.05) is 37.3 Å². The fourth-order valence-corrected chi connectivity index (χ4v) is 3.60. The summed E-state index contributed by atoms with van der Waals surface area (Å²) in [6.07, 6.45) is 2.74. The Balaban J connectivity index is 1.42. The molecule has 162 valence electrons. The molecule has 0 N–H and O–H groups in total. The van der Waals surface area contributed by atoms with Gasteiger partial charge in [-0.25, -0.2) is 0 Å². The molecule has 2 aromatic heterocycles. The predicted molar refractivity (Wildman–Crippen MR) is 120 cm³/mol. The van der Waals surface area contributed by atoms with Gasteiger partial charge in [-0.3, -0.25) is 9.78 Å². The summed E-state index contributed by atoms with van der Waals surface area (Å²) in [6.45, 7) is 6.62. The highest BCUT2D eigenvalue weighted by Gasteiger charge is 2.15. The van der Waals surface area contributed by atoms with E-state index in [1.54, 1.807) is 4.57 Å². The van der Waals surface area contributed by atoms with E-state index < -0.39 is 0 Å². The topological polar surface area (TPSA) is 62.6 Å². The van der Waals surface area contributed by atoms with Crippen molar-refractivity contribution in [3.63, 3.8) is 0 Å². The lowest BCUT2D eigenvalue weighted by molar-refractivity contribution is -0.101. The van der Waals surface area contributed by atoms with E-state index in [-0.39, 0.29) is 11.7 Å². The van der Waals surface area contributed by atoms with Gasteiger partial charge >= 0.3 is 0 Å². The monoisotopic (exact) mass is 420 g/mol. The van der Waals surface area contributed by atoms with Crippen LogP contribution in [0, 0.1) is 6.92 Å². The molecule has 0 unspecified atom stereocenters. The smallest absolute Gasteiger partial charge is 0.254 e. The van der Waals surface area contributed by atoms with Crippen molar-refractivity contribution in [1.82, 2.24) is 9.55 Å². The van der Waals surface area contributed by atoms with Crippen molar-refractivity contribution in [1.29, 1.82) is 0 Å². The van der Waals surface area contributed by atoms with E-state index in [1.165, 1.54) is 6.07 Å². The van der Waals surface area contributed by atoms with Gasteiger partial charge in [0.2, 0.25) is 0 Å². The third kappa shape index (κ3) is 5.40. The normalized spacial score (nSPS) is 16.3. The third-order valence-corrected chi connectivity index (χ3v) is 5.44. The minimum Gasteiger partial charge on any atom is -0.491 e. The number of ether oxygens (including phenoxy) is 3. The Labute approximate surface area is 182 Å². The van der Waals surface area contributed by atoms with Crippen LogP contribution in [-0.2, 0) is 22.4 Å². The summed E-state index contributed by atoms with van der Waals surface area (Å²) in [4.78, 5) is 17.2. The maximum Gasteiger partial charge on any atom is 0.254 e. The molecule has 0 aliphatic carbocycles. The molecule has 1 aliphatic rings. The van der Waals surface area contributed by atoms with Crippen molar-refractivity contribution < 1.29 is 14.2 Å². The molecule has 0 saturated carbocycles. The Morgan fingerprint density at radius 2 is 1.90 bits per heavy atom. The van der Waals surface area contributed by atoms with Crippen LogP contribution < -0.4 is 10.3 Å². The van der Waals surface area contributed by atoms with Gasteiger partial charge in [-0.15, -0.1) is 0 Å². The van der Waals surface area contributed by atoms with Crippen molar-refractivity contribution in [2.45, 2.75) is 32.9 Å². The zero-order valence-electron chi connectivity index (χ0n) is 18.0.